The normalized spacial score (nSPS) is 18.5. The zero-order chi connectivity index (χ0) is 14.5. The Morgan fingerprint density at radius 1 is 1.32 bits per heavy atom. The Morgan fingerprint density at radius 3 is 2.32 bits per heavy atom. The second-order valence-corrected chi connectivity index (χ2v) is 6.05. The first-order valence-electron chi connectivity index (χ1n) is 7.16. The third-order valence-electron chi connectivity index (χ3n) is 4.10. The molecular formula is C14H26N2O3. The minimum Gasteiger partial charge on any atom is -0.480 e. The highest BCUT2D eigenvalue weighted by Gasteiger charge is 2.35. The Bertz CT molecular complexity index is 319. The summed E-state index contributed by atoms with van der Waals surface area (Å²) in [6.07, 6.45) is 5.03. The molecule has 0 aromatic rings. The molecule has 1 atom stereocenters. The number of carbonyl (C=O) groups excluding carboxylic acids is 1. The highest BCUT2D eigenvalue weighted by Crippen LogP contribution is 2.42. The Labute approximate surface area is 115 Å². The van der Waals surface area contributed by atoms with Crippen LogP contribution in [0.4, 0.5) is 4.79 Å². The zero-order valence-corrected chi connectivity index (χ0v) is 12.2. The van der Waals surface area contributed by atoms with Crippen LogP contribution in [-0.2, 0) is 4.79 Å². The fourth-order valence-electron chi connectivity index (χ4n) is 2.50. The summed E-state index contributed by atoms with van der Waals surface area (Å²) in [5.74, 6) is -0.743. The van der Waals surface area contributed by atoms with Crippen LogP contribution in [0.5, 0.6) is 0 Å². The van der Waals surface area contributed by atoms with E-state index in [2.05, 4.69) is 17.6 Å². The number of hydrogen-bond donors (Lipinski definition) is 3. The van der Waals surface area contributed by atoms with Gasteiger partial charge in [0.1, 0.15) is 6.04 Å². The molecule has 3 N–H and O–H groups in total. The maximum absolute atomic E-state index is 11.8. The molecule has 1 saturated carbocycles. The quantitative estimate of drug-likeness (QED) is 0.664. The molecule has 1 aliphatic carbocycles. The van der Waals surface area contributed by atoms with E-state index < -0.39 is 12.0 Å². The highest BCUT2D eigenvalue weighted by molar-refractivity contribution is 5.82. The van der Waals surface area contributed by atoms with E-state index in [0.29, 0.717) is 13.0 Å². The summed E-state index contributed by atoms with van der Waals surface area (Å²) in [7, 11) is 0. The van der Waals surface area contributed by atoms with Gasteiger partial charge in [0.25, 0.3) is 0 Å². The van der Waals surface area contributed by atoms with Crippen LogP contribution in [-0.4, -0.2) is 29.7 Å². The second-order valence-electron chi connectivity index (χ2n) is 6.05. The summed E-state index contributed by atoms with van der Waals surface area (Å²) in [6.45, 7) is 6.66. The largest absolute Gasteiger partial charge is 0.480 e. The van der Waals surface area contributed by atoms with Crippen molar-refractivity contribution in [2.45, 2.75) is 58.9 Å². The highest BCUT2D eigenvalue weighted by atomic mass is 16.4. The topological polar surface area (TPSA) is 78.4 Å². The molecule has 5 heteroatoms. The molecule has 0 radical (unpaired) electrons. The van der Waals surface area contributed by atoms with Gasteiger partial charge in [-0.2, -0.15) is 0 Å². The van der Waals surface area contributed by atoms with Gasteiger partial charge in [-0.05, 0) is 37.0 Å². The van der Waals surface area contributed by atoms with Crippen molar-refractivity contribution in [2.24, 2.45) is 11.3 Å². The monoisotopic (exact) mass is 270 g/mol. The van der Waals surface area contributed by atoms with E-state index >= 15 is 0 Å². The molecular weight excluding hydrogens is 244 g/mol. The summed E-state index contributed by atoms with van der Waals surface area (Å²) in [5.41, 5.74) is 0.244. The summed E-state index contributed by atoms with van der Waals surface area (Å²) in [6, 6.07) is -1.17. The molecule has 0 aliphatic heterocycles. The summed E-state index contributed by atoms with van der Waals surface area (Å²) >= 11 is 0. The average molecular weight is 270 g/mol. The number of aliphatic carboxylic acids is 1. The first-order valence-corrected chi connectivity index (χ1v) is 7.16. The van der Waals surface area contributed by atoms with Gasteiger partial charge in [0, 0.05) is 6.54 Å². The van der Waals surface area contributed by atoms with Crippen molar-refractivity contribution in [3.8, 4) is 0 Å². The average Bonchev–Trinajstić information content (AvgIpc) is 2.26. The molecule has 110 valence electrons. The standard InChI is InChI=1S/C14H26N2O3/c1-4-14(6-5-7-14)9-15-13(19)16-11(12(17)18)8-10(2)3/h10-11H,4-9H2,1-3H3,(H,17,18)(H2,15,16,19)/t11-/m1/s1. The molecule has 0 bridgehead atoms. The van der Waals surface area contributed by atoms with Crippen LogP contribution < -0.4 is 10.6 Å². The number of hydrogen-bond acceptors (Lipinski definition) is 2. The van der Waals surface area contributed by atoms with Crippen LogP contribution in [0.2, 0.25) is 0 Å². The zero-order valence-electron chi connectivity index (χ0n) is 12.2. The van der Waals surface area contributed by atoms with Crippen LogP contribution in [0.15, 0.2) is 0 Å². The van der Waals surface area contributed by atoms with Crippen molar-refractivity contribution >= 4 is 12.0 Å². The van der Waals surface area contributed by atoms with E-state index in [-0.39, 0.29) is 17.4 Å². The van der Waals surface area contributed by atoms with Crippen LogP contribution in [0, 0.1) is 11.3 Å². The number of carboxylic acids is 1. The maximum Gasteiger partial charge on any atom is 0.326 e. The van der Waals surface area contributed by atoms with Gasteiger partial charge in [0.15, 0.2) is 0 Å². The predicted molar refractivity (Wildman–Crippen MR) is 74.0 cm³/mol. The van der Waals surface area contributed by atoms with E-state index in [0.717, 1.165) is 19.3 Å². The van der Waals surface area contributed by atoms with E-state index in [1.165, 1.54) is 6.42 Å². The van der Waals surface area contributed by atoms with E-state index in [1.54, 1.807) is 0 Å². The summed E-state index contributed by atoms with van der Waals surface area (Å²) in [4.78, 5) is 22.8. The van der Waals surface area contributed by atoms with Crippen molar-refractivity contribution in [3.63, 3.8) is 0 Å². The van der Waals surface area contributed by atoms with E-state index in [4.69, 9.17) is 5.11 Å². The van der Waals surface area contributed by atoms with Gasteiger partial charge < -0.3 is 15.7 Å². The molecule has 0 aromatic heterocycles. The molecule has 1 fully saturated rings. The Hall–Kier alpha value is -1.26. The van der Waals surface area contributed by atoms with Gasteiger partial charge in [-0.15, -0.1) is 0 Å². The van der Waals surface area contributed by atoms with E-state index in [1.807, 2.05) is 13.8 Å². The third kappa shape index (κ3) is 4.73. The van der Waals surface area contributed by atoms with Gasteiger partial charge in [-0.1, -0.05) is 27.2 Å². The number of amides is 2. The van der Waals surface area contributed by atoms with Crippen molar-refractivity contribution in [1.29, 1.82) is 0 Å². The van der Waals surface area contributed by atoms with Gasteiger partial charge >= 0.3 is 12.0 Å². The van der Waals surface area contributed by atoms with Gasteiger partial charge in [0.05, 0.1) is 0 Å². The molecule has 1 aliphatic rings. The van der Waals surface area contributed by atoms with Gasteiger partial charge in [0.2, 0.25) is 0 Å². The smallest absolute Gasteiger partial charge is 0.326 e. The molecule has 0 saturated heterocycles. The van der Waals surface area contributed by atoms with Crippen molar-refractivity contribution in [2.75, 3.05) is 6.54 Å². The lowest BCUT2D eigenvalue weighted by molar-refractivity contribution is -0.139. The van der Waals surface area contributed by atoms with Crippen LogP contribution in [0.3, 0.4) is 0 Å². The molecule has 0 aromatic carbocycles. The number of urea groups is 1. The maximum atomic E-state index is 11.8. The Balaban J connectivity index is 2.38. The molecule has 5 nitrogen and oxygen atoms in total. The fourth-order valence-corrected chi connectivity index (χ4v) is 2.50. The number of rotatable bonds is 7. The number of carbonyl (C=O) groups is 2. The van der Waals surface area contributed by atoms with Crippen molar-refractivity contribution in [3.05, 3.63) is 0 Å². The minimum absolute atomic E-state index is 0.231. The molecule has 0 spiro atoms. The first-order chi connectivity index (χ1) is 8.88. The van der Waals surface area contributed by atoms with Crippen LogP contribution >= 0.6 is 0 Å². The Morgan fingerprint density at radius 2 is 1.95 bits per heavy atom. The number of nitrogens with one attached hydrogen (secondary N) is 2. The molecule has 19 heavy (non-hydrogen) atoms. The number of carboxylic acid groups (broad SMARTS) is 1. The molecule has 2 amide bonds. The fraction of sp³-hybridized carbons (Fsp3) is 0.857. The SMILES string of the molecule is CCC1(CNC(=O)N[C@H](CC(C)C)C(=O)O)CCC1. The van der Waals surface area contributed by atoms with Gasteiger partial charge in [-0.25, -0.2) is 9.59 Å². The van der Waals surface area contributed by atoms with Crippen LogP contribution in [0.25, 0.3) is 0 Å². The van der Waals surface area contributed by atoms with Crippen molar-refractivity contribution < 1.29 is 14.7 Å². The lowest BCUT2D eigenvalue weighted by Gasteiger charge is -2.41. The van der Waals surface area contributed by atoms with Crippen molar-refractivity contribution in [1.82, 2.24) is 10.6 Å². The predicted octanol–water partition coefficient (Wildman–Crippen LogP) is 2.37. The molecule has 0 heterocycles. The van der Waals surface area contributed by atoms with E-state index in [9.17, 15) is 9.59 Å². The minimum atomic E-state index is -0.974. The third-order valence-corrected chi connectivity index (χ3v) is 4.10. The lowest BCUT2D eigenvalue weighted by Crippen LogP contribution is -2.50. The molecule has 0 unspecified atom stereocenters. The van der Waals surface area contributed by atoms with Gasteiger partial charge in [-0.3, -0.25) is 0 Å². The Kier molecular flexibility index (Phi) is 5.63. The van der Waals surface area contributed by atoms with Crippen LogP contribution in [0.1, 0.15) is 52.9 Å². The summed E-state index contributed by atoms with van der Waals surface area (Å²) in [5, 5.41) is 14.4. The first kappa shape index (κ1) is 15.8. The summed E-state index contributed by atoms with van der Waals surface area (Å²) < 4.78 is 0. The molecule has 1 rings (SSSR count). The lowest BCUT2D eigenvalue weighted by atomic mass is 9.67. The second kappa shape index (κ2) is 6.78.